The lowest BCUT2D eigenvalue weighted by Crippen LogP contribution is -2.38. The highest BCUT2D eigenvalue weighted by Crippen LogP contribution is 2.23. The summed E-state index contributed by atoms with van der Waals surface area (Å²) in [4.78, 5) is 17.1. The second-order valence-corrected chi connectivity index (χ2v) is 7.72. The molecule has 2 heterocycles. The predicted octanol–water partition coefficient (Wildman–Crippen LogP) is 1.66. The van der Waals surface area contributed by atoms with Gasteiger partial charge in [-0.25, -0.2) is 8.42 Å². The summed E-state index contributed by atoms with van der Waals surface area (Å²) in [6.07, 6.45) is 1.53. The van der Waals surface area contributed by atoms with Crippen LogP contribution in [0.15, 0.2) is 57.0 Å². The Morgan fingerprint density at radius 3 is 2.68 bits per heavy atom. The van der Waals surface area contributed by atoms with E-state index in [-0.39, 0.29) is 29.1 Å². The van der Waals surface area contributed by atoms with Crippen molar-refractivity contribution in [2.24, 2.45) is 10.9 Å². The Morgan fingerprint density at radius 1 is 1.24 bits per heavy atom. The number of fused-ring (bicyclic) bond motifs is 1. The van der Waals surface area contributed by atoms with Gasteiger partial charge in [0, 0.05) is 5.56 Å². The summed E-state index contributed by atoms with van der Waals surface area (Å²) >= 11 is 0. The number of aliphatic imine (C=N–C) groups is 1. The molecule has 0 radical (unpaired) electrons. The molecule has 2 N–H and O–H groups in total. The number of furan rings is 1. The average molecular weight is 361 g/mol. The van der Waals surface area contributed by atoms with Gasteiger partial charge in [-0.05, 0) is 30.2 Å². The Hall–Kier alpha value is -2.61. The molecule has 0 aliphatic carbocycles. The molecule has 8 heteroatoms. The zero-order valence-corrected chi connectivity index (χ0v) is 14.7. The second-order valence-electron chi connectivity index (χ2n) is 6.07. The van der Waals surface area contributed by atoms with Crippen molar-refractivity contribution in [3.05, 3.63) is 54.0 Å². The Bertz CT molecular complexity index is 902. The van der Waals surface area contributed by atoms with Crippen LogP contribution in [0.3, 0.4) is 0 Å². The van der Waals surface area contributed by atoms with Gasteiger partial charge in [-0.15, -0.1) is 0 Å². The van der Waals surface area contributed by atoms with E-state index in [4.69, 9.17) is 4.42 Å². The molecule has 1 unspecified atom stereocenters. The highest BCUT2D eigenvalue weighted by atomic mass is 32.2. The van der Waals surface area contributed by atoms with Gasteiger partial charge in [-0.2, -0.15) is 0 Å². The molecule has 25 heavy (non-hydrogen) atoms. The topological polar surface area (TPSA) is 101 Å². The standard InChI is InChI=1S/C17H19N3O4S/c1-11(2)15(17(21)18-10-12-6-5-9-24-12)19-16-13-7-3-4-8-14(13)25(22,23)20-16/h3-9,11,15H,10H2,1-2H3,(H,18,21)(H,19,20). The minimum Gasteiger partial charge on any atom is -0.467 e. The van der Waals surface area contributed by atoms with E-state index in [2.05, 4.69) is 15.0 Å². The van der Waals surface area contributed by atoms with Gasteiger partial charge in [0.1, 0.15) is 17.6 Å². The van der Waals surface area contributed by atoms with Crippen LogP contribution in [-0.2, 0) is 21.4 Å². The predicted molar refractivity (Wildman–Crippen MR) is 92.5 cm³/mol. The highest BCUT2D eigenvalue weighted by Gasteiger charge is 2.32. The normalized spacial score (nSPS) is 18.0. The van der Waals surface area contributed by atoms with Gasteiger partial charge in [0.05, 0.1) is 17.7 Å². The van der Waals surface area contributed by atoms with Crippen molar-refractivity contribution in [2.75, 3.05) is 0 Å². The monoisotopic (exact) mass is 361 g/mol. The summed E-state index contributed by atoms with van der Waals surface area (Å²) in [6.45, 7) is 3.97. The van der Waals surface area contributed by atoms with E-state index in [9.17, 15) is 13.2 Å². The fourth-order valence-electron chi connectivity index (χ4n) is 2.57. The molecule has 1 aliphatic rings. The number of amides is 1. The maximum Gasteiger partial charge on any atom is 0.263 e. The average Bonchev–Trinajstić information content (AvgIpc) is 3.17. The van der Waals surface area contributed by atoms with Crippen LogP contribution in [0.25, 0.3) is 0 Å². The first kappa shape index (κ1) is 17.2. The summed E-state index contributed by atoms with van der Waals surface area (Å²) in [5, 5.41) is 2.77. The SMILES string of the molecule is CC(C)C(N=C1NS(=O)(=O)c2ccccc21)C(=O)NCc1ccco1. The van der Waals surface area contributed by atoms with Crippen molar-refractivity contribution in [2.45, 2.75) is 31.3 Å². The van der Waals surface area contributed by atoms with Gasteiger partial charge in [-0.3, -0.25) is 14.5 Å². The van der Waals surface area contributed by atoms with Gasteiger partial charge in [0.2, 0.25) is 5.91 Å². The van der Waals surface area contributed by atoms with E-state index in [0.29, 0.717) is 11.3 Å². The van der Waals surface area contributed by atoms with Crippen molar-refractivity contribution in [1.29, 1.82) is 0 Å². The van der Waals surface area contributed by atoms with Crippen LogP contribution in [-0.4, -0.2) is 26.2 Å². The maximum absolute atomic E-state index is 12.5. The molecule has 3 rings (SSSR count). The molecule has 7 nitrogen and oxygen atoms in total. The third-order valence-corrected chi connectivity index (χ3v) is 5.25. The van der Waals surface area contributed by atoms with Crippen molar-refractivity contribution in [3.8, 4) is 0 Å². The number of carbonyl (C=O) groups excluding carboxylic acids is 1. The summed E-state index contributed by atoms with van der Waals surface area (Å²) in [5.41, 5.74) is 0.479. The number of rotatable bonds is 5. The van der Waals surface area contributed by atoms with Crippen LogP contribution in [0, 0.1) is 5.92 Å². The molecule has 0 bridgehead atoms. The lowest BCUT2D eigenvalue weighted by Gasteiger charge is -2.17. The van der Waals surface area contributed by atoms with Crippen LogP contribution in [0.5, 0.6) is 0 Å². The maximum atomic E-state index is 12.5. The van der Waals surface area contributed by atoms with E-state index < -0.39 is 16.1 Å². The molecular formula is C17H19N3O4S. The number of nitrogens with zero attached hydrogens (tertiary/aromatic N) is 1. The number of nitrogens with one attached hydrogen (secondary N) is 2. The molecule has 0 spiro atoms. The largest absolute Gasteiger partial charge is 0.467 e. The number of hydrogen-bond donors (Lipinski definition) is 2. The molecule has 1 aromatic carbocycles. The molecule has 132 valence electrons. The van der Waals surface area contributed by atoms with E-state index in [0.717, 1.165) is 0 Å². The van der Waals surface area contributed by atoms with Crippen LogP contribution in [0.4, 0.5) is 0 Å². The van der Waals surface area contributed by atoms with Crippen molar-refractivity contribution in [1.82, 2.24) is 10.0 Å². The van der Waals surface area contributed by atoms with Gasteiger partial charge in [-0.1, -0.05) is 26.0 Å². The van der Waals surface area contributed by atoms with E-state index >= 15 is 0 Å². The lowest BCUT2D eigenvalue weighted by molar-refractivity contribution is -0.123. The minimum absolute atomic E-state index is 0.110. The number of benzene rings is 1. The fourth-order valence-corrected chi connectivity index (χ4v) is 3.81. The van der Waals surface area contributed by atoms with Crippen molar-refractivity contribution in [3.63, 3.8) is 0 Å². The third-order valence-electron chi connectivity index (χ3n) is 3.85. The number of amidine groups is 1. The zero-order chi connectivity index (χ0) is 18.0. The summed E-state index contributed by atoms with van der Waals surface area (Å²) in [7, 11) is -3.63. The van der Waals surface area contributed by atoms with E-state index in [1.165, 1.54) is 12.3 Å². The van der Waals surface area contributed by atoms with Crippen molar-refractivity contribution < 1.29 is 17.6 Å². The molecule has 1 atom stereocenters. The second kappa shape index (κ2) is 6.72. The fraction of sp³-hybridized carbons (Fsp3) is 0.294. The van der Waals surface area contributed by atoms with Crippen LogP contribution < -0.4 is 10.0 Å². The molecule has 0 saturated carbocycles. The first-order valence-electron chi connectivity index (χ1n) is 7.88. The molecule has 1 amide bonds. The van der Waals surface area contributed by atoms with Crippen LogP contribution in [0.2, 0.25) is 0 Å². The summed E-state index contributed by atoms with van der Waals surface area (Å²) in [6, 6.07) is 9.35. The minimum atomic E-state index is -3.63. The summed E-state index contributed by atoms with van der Waals surface area (Å²) < 4.78 is 31.9. The van der Waals surface area contributed by atoms with Gasteiger partial charge in [0.25, 0.3) is 10.0 Å². The molecule has 0 saturated heterocycles. The van der Waals surface area contributed by atoms with Gasteiger partial charge in [0.15, 0.2) is 0 Å². The number of sulfonamides is 1. The van der Waals surface area contributed by atoms with E-state index in [1.54, 1.807) is 30.3 Å². The van der Waals surface area contributed by atoms with Crippen LogP contribution in [0.1, 0.15) is 25.2 Å². The Morgan fingerprint density at radius 2 is 2.00 bits per heavy atom. The Kier molecular flexibility index (Phi) is 4.63. The number of hydrogen-bond acceptors (Lipinski definition) is 5. The molecule has 1 aromatic heterocycles. The summed E-state index contributed by atoms with van der Waals surface area (Å²) in [5.74, 6) is 0.432. The molecule has 0 fully saturated rings. The third kappa shape index (κ3) is 3.58. The zero-order valence-electron chi connectivity index (χ0n) is 13.9. The van der Waals surface area contributed by atoms with Gasteiger partial charge >= 0.3 is 0 Å². The Labute approximate surface area is 146 Å². The smallest absolute Gasteiger partial charge is 0.263 e. The van der Waals surface area contributed by atoms with Crippen molar-refractivity contribution >= 4 is 21.8 Å². The Balaban J connectivity index is 1.84. The first-order chi connectivity index (χ1) is 11.9. The molecular weight excluding hydrogens is 342 g/mol. The van der Waals surface area contributed by atoms with Gasteiger partial charge < -0.3 is 9.73 Å². The van der Waals surface area contributed by atoms with E-state index in [1.807, 2.05) is 13.8 Å². The quantitative estimate of drug-likeness (QED) is 0.846. The first-order valence-corrected chi connectivity index (χ1v) is 9.37. The highest BCUT2D eigenvalue weighted by molar-refractivity contribution is 7.90. The van der Waals surface area contributed by atoms with Crippen LogP contribution >= 0.6 is 0 Å². The molecule has 1 aliphatic heterocycles. The lowest BCUT2D eigenvalue weighted by atomic mass is 10.0. The molecule has 2 aromatic rings. The number of carbonyl (C=O) groups is 1.